The molecule has 0 bridgehead atoms. The lowest BCUT2D eigenvalue weighted by molar-refractivity contribution is 0.0721. The molecule has 2 aliphatic rings. The average Bonchev–Trinajstić information content (AvgIpc) is 3.23. The van der Waals surface area contributed by atoms with Crippen LogP contribution in [0, 0.1) is 6.92 Å². The second-order valence-electron chi connectivity index (χ2n) is 6.35. The van der Waals surface area contributed by atoms with Crippen molar-refractivity contribution in [2.75, 3.05) is 6.54 Å². The molecule has 1 saturated heterocycles. The van der Waals surface area contributed by atoms with Gasteiger partial charge in [0, 0.05) is 24.9 Å². The molecule has 7 heteroatoms. The monoisotopic (exact) mass is 331 g/mol. The Kier molecular flexibility index (Phi) is 3.88. The standard InChI is InChI=1S/C16H21N5OS/c1-11-17-12(10-23-11)16(22)20-9-5-6-13(20)15-19-18-14-7-3-2-4-8-21(14)15/h10,13H,2-9H2,1H3/t13-/m0/s1. The molecule has 2 aromatic rings. The van der Waals surface area contributed by atoms with E-state index in [0.29, 0.717) is 5.69 Å². The van der Waals surface area contributed by atoms with Crippen LogP contribution in [0.3, 0.4) is 0 Å². The normalized spacial score (nSPS) is 21.3. The van der Waals surface area contributed by atoms with Gasteiger partial charge in [-0.3, -0.25) is 4.79 Å². The number of likely N-dealkylation sites (tertiary alicyclic amines) is 1. The Hall–Kier alpha value is -1.76. The highest BCUT2D eigenvalue weighted by Crippen LogP contribution is 2.33. The molecule has 2 aliphatic heterocycles. The van der Waals surface area contributed by atoms with Crippen molar-refractivity contribution in [1.82, 2.24) is 24.6 Å². The molecular weight excluding hydrogens is 310 g/mol. The quantitative estimate of drug-likeness (QED) is 0.849. The predicted molar refractivity (Wildman–Crippen MR) is 87.4 cm³/mol. The Morgan fingerprint density at radius 1 is 1.22 bits per heavy atom. The first kappa shape index (κ1) is 14.8. The zero-order valence-corrected chi connectivity index (χ0v) is 14.2. The Morgan fingerprint density at radius 3 is 2.96 bits per heavy atom. The van der Waals surface area contributed by atoms with E-state index in [1.54, 1.807) is 0 Å². The number of hydrogen-bond donors (Lipinski definition) is 0. The minimum Gasteiger partial charge on any atom is -0.327 e. The summed E-state index contributed by atoms with van der Waals surface area (Å²) in [4.78, 5) is 19.1. The number of fused-ring (bicyclic) bond motifs is 1. The lowest BCUT2D eigenvalue weighted by Crippen LogP contribution is -2.32. The van der Waals surface area contributed by atoms with Gasteiger partial charge in [0.15, 0.2) is 5.82 Å². The molecule has 1 atom stereocenters. The molecule has 0 aromatic carbocycles. The number of hydrogen-bond acceptors (Lipinski definition) is 5. The Labute approximate surface area is 139 Å². The maximum absolute atomic E-state index is 12.8. The maximum Gasteiger partial charge on any atom is 0.273 e. The van der Waals surface area contributed by atoms with Crippen LogP contribution in [0.1, 0.15) is 65.3 Å². The summed E-state index contributed by atoms with van der Waals surface area (Å²) in [7, 11) is 0. The number of nitrogens with zero attached hydrogens (tertiary/aromatic N) is 5. The van der Waals surface area contributed by atoms with Gasteiger partial charge < -0.3 is 9.47 Å². The van der Waals surface area contributed by atoms with Gasteiger partial charge in [-0.25, -0.2) is 4.98 Å². The fourth-order valence-corrected chi connectivity index (χ4v) is 4.23. The van der Waals surface area contributed by atoms with Gasteiger partial charge >= 0.3 is 0 Å². The number of rotatable bonds is 2. The molecule has 2 aromatic heterocycles. The van der Waals surface area contributed by atoms with Gasteiger partial charge in [0.1, 0.15) is 11.5 Å². The number of carbonyl (C=O) groups excluding carboxylic acids is 1. The molecule has 23 heavy (non-hydrogen) atoms. The number of aryl methyl sites for hydroxylation is 2. The van der Waals surface area contributed by atoms with Crippen molar-refractivity contribution in [2.24, 2.45) is 0 Å². The maximum atomic E-state index is 12.8. The van der Waals surface area contributed by atoms with E-state index in [0.717, 1.165) is 49.0 Å². The fourth-order valence-electron chi connectivity index (χ4n) is 3.64. The van der Waals surface area contributed by atoms with Crippen molar-refractivity contribution in [3.05, 3.63) is 27.7 Å². The van der Waals surface area contributed by atoms with E-state index in [1.807, 2.05) is 17.2 Å². The molecular formula is C16H21N5OS. The molecule has 6 nitrogen and oxygen atoms in total. The molecule has 1 fully saturated rings. The molecule has 0 N–H and O–H groups in total. The minimum absolute atomic E-state index is 0.0304. The fraction of sp³-hybridized carbons (Fsp3) is 0.625. The van der Waals surface area contributed by atoms with Gasteiger partial charge in [0.2, 0.25) is 0 Å². The van der Waals surface area contributed by atoms with E-state index in [2.05, 4.69) is 19.7 Å². The third-order valence-corrected chi connectivity index (χ3v) is 5.56. The SMILES string of the molecule is Cc1nc(C(=O)N2CCC[C@H]2c2nnc3n2CCCCC3)cs1. The molecule has 4 rings (SSSR count). The third-order valence-electron chi connectivity index (χ3n) is 4.79. The van der Waals surface area contributed by atoms with Gasteiger partial charge in [-0.2, -0.15) is 0 Å². The van der Waals surface area contributed by atoms with Crippen LogP contribution in [0.5, 0.6) is 0 Å². The number of amides is 1. The van der Waals surface area contributed by atoms with Crippen LogP contribution in [-0.2, 0) is 13.0 Å². The largest absolute Gasteiger partial charge is 0.327 e. The zero-order chi connectivity index (χ0) is 15.8. The molecule has 0 unspecified atom stereocenters. The number of aromatic nitrogens is 4. The second kappa shape index (κ2) is 6.03. The first-order valence-corrected chi connectivity index (χ1v) is 9.27. The smallest absolute Gasteiger partial charge is 0.273 e. The Balaban J connectivity index is 1.63. The van der Waals surface area contributed by atoms with Crippen LogP contribution >= 0.6 is 11.3 Å². The van der Waals surface area contributed by atoms with Crippen LogP contribution in [0.2, 0.25) is 0 Å². The average molecular weight is 331 g/mol. The summed E-state index contributed by atoms with van der Waals surface area (Å²) in [5, 5.41) is 11.6. The highest BCUT2D eigenvalue weighted by Gasteiger charge is 2.35. The predicted octanol–water partition coefficient (Wildman–Crippen LogP) is 2.75. The molecule has 0 spiro atoms. The van der Waals surface area contributed by atoms with Crippen LogP contribution < -0.4 is 0 Å². The van der Waals surface area contributed by atoms with Gasteiger partial charge in [-0.15, -0.1) is 21.5 Å². The van der Waals surface area contributed by atoms with E-state index in [-0.39, 0.29) is 11.9 Å². The second-order valence-corrected chi connectivity index (χ2v) is 7.41. The van der Waals surface area contributed by atoms with Crippen LogP contribution in [-0.4, -0.2) is 37.1 Å². The van der Waals surface area contributed by atoms with E-state index in [9.17, 15) is 4.79 Å². The topological polar surface area (TPSA) is 63.9 Å². The molecule has 122 valence electrons. The van der Waals surface area contributed by atoms with Gasteiger partial charge in [-0.05, 0) is 32.6 Å². The number of thiazole rings is 1. The molecule has 0 aliphatic carbocycles. The summed E-state index contributed by atoms with van der Waals surface area (Å²) in [6, 6.07) is 0.0452. The molecule has 4 heterocycles. The summed E-state index contributed by atoms with van der Waals surface area (Å²) >= 11 is 1.52. The third kappa shape index (κ3) is 2.67. The lowest BCUT2D eigenvalue weighted by atomic mass is 10.2. The van der Waals surface area contributed by atoms with Crippen LogP contribution in [0.25, 0.3) is 0 Å². The van der Waals surface area contributed by atoms with Crippen molar-refractivity contribution < 1.29 is 4.79 Å². The van der Waals surface area contributed by atoms with Gasteiger partial charge in [0.25, 0.3) is 5.91 Å². The van der Waals surface area contributed by atoms with Crippen LogP contribution in [0.4, 0.5) is 0 Å². The highest BCUT2D eigenvalue weighted by molar-refractivity contribution is 7.09. The summed E-state index contributed by atoms with van der Waals surface area (Å²) in [5.41, 5.74) is 0.565. The van der Waals surface area contributed by atoms with Crippen molar-refractivity contribution in [3.8, 4) is 0 Å². The summed E-state index contributed by atoms with van der Waals surface area (Å²) in [5.74, 6) is 2.09. The van der Waals surface area contributed by atoms with Crippen molar-refractivity contribution in [2.45, 2.75) is 58.0 Å². The van der Waals surface area contributed by atoms with E-state index in [4.69, 9.17) is 0 Å². The van der Waals surface area contributed by atoms with E-state index < -0.39 is 0 Å². The summed E-state index contributed by atoms with van der Waals surface area (Å²) in [6.45, 7) is 3.69. The molecule has 0 saturated carbocycles. The lowest BCUT2D eigenvalue weighted by Gasteiger charge is -2.24. The van der Waals surface area contributed by atoms with Gasteiger partial charge in [-0.1, -0.05) is 6.42 Å². The zero-order valence-electron chi connectivity index (χ0n) is 13.4. The summed E-state index contributed by atoms with van der Waals surface area (Å²) in [6.07, 6.45) is 6.58. The Bertz CT molecular complexity index is 722. The van der Waals surface area contributed by atoms with Crippen LogP contribution in [0.15, 0.2) is 5.38 Å². The van der Waals surface area contributed by atoms with Crippen molar-refractivity contribution in [1.29, 1.82) is 0 Å². The Morgan fingerprint density at radius 2 is 2.13 bits per heavy atom. The van der Waals surface area contributed by atoms with Crippen molar-refractivity contribution >= 4 is 17.2 Å². The highest BCUT2D eigenvalue weighted by atomic mass is 32.1. The summed E-state index contributed by atoms with van der Waals surface area (Å²) < 4.78 is 2.26. The van der Waals surface area contributed by atoms with Gasteiger partial charge in [0.05, 0.1) is 11.0 Å². The molecule has 0 radical (unpaired) electrons. The number of carbonyl (C=O) groups is 1. The van der Waals surface area contributed by atoms with E-state index in [1.165, 1.54) is 30.6 Å². The van der Waals surface area contributed by atoms with E-state index >= 15 is 0 Å². The first-order chi connectivity index (χ1) is 11.2. The van der Waals surface area contributed by atoms with Crippen molar-refractivity contribution in [3.63, 3.8) is 0 Å². The molecule has 1 amide bonds. The first-order valence-electron chi connectivity index (χ1n) is 8.39. The minimum atomic E-state index is 0.0304.